The second-order valence-electron chi connectivity index (χ2n) is 5.58. The van der Waals surface area contributed by atoms with Crippen LogP contribution in [0, 0.1) is 0 Å². The number of aromatic nitrogens is 1. The van der Waals surface area contributed by atoms with Crippen molar-refractivity contribution in [3.63, 3.8) is 0 Å². The number of benzene rings is 2. The van der Waals surface area contributed by atoms with Crippen molar-refractivity contribution in [2.24, 2.45) is 0 Å². The predicted molar refractivity (Wildman–Crippen MR) is 104 cm³/mol. The van der Waals surface area contributed by atoms with Gasteiger partial charge in [-0.2, -0.15) is 0 Å². The summed E-state index contributed by atoms with van der Waals surface area (Å²) in [5, 5.41) is 5.35. The summed E-state index contributed by atoms with van der Waals surface area (Å²) in [6.07, 6.45) is 1.04. The second-order valence-corrected chi connectivity index (χ2v) is 6.44. The monoisotopic (exact) mass is 368 g/mol. The van der Waals surface area contributed by atoms with Gasteiger partial charge in [0.25, 0.3) is 0 Å². The Hall–Kier alpha value is -2.86. The fourth-order valence-corrected chi connectivity index (χ4v) is 3.10. The van der Waals surface area contributed by atoms with E-state index in [1.54, 1.807) is 7.11 Å². The number of hydrogen-bond donors (Lipinski definition) is 1. The lowest BCUT2D eigenvalue weighted by molar-refractivity contribution is -0.116. The van der Waals surface area contributed by atoms with Gasteiger partial charge in [-0.05, 0) is 30.7 Å². The number of para-hydroxylation sites is 1. The quantitative estimate of drug-likeness (QED) is 0.590. The molecule has 0 radical (unpaired) electrons. The minimum atomic E-state index is -0.0618. The third kappa shape index (κ3) is 5.07. The topological polar surface area (TPSA) is 60.5 Å². The van der Waals surface area contributed by atoms with E-state index in [4.69, 9.17) is 9.47 Å². The largest absolute Gasteiger partial charge is 0.497 e. The highest BCUT2D eigenvalue weighted by Crippen LogP contribution is 2.27. The molecule has 0 saturated carbocycles. The molecule has 0 fully saturated rings. The van der Waals surface area contributed by atoms with Gasteiger partial charge in [0.2, 0.25) is 5.91 Å². The minimum Gasteiger partial charge on any atom is -0.497 e. The van der Waals surface area contributed by atoms with E-state index in [1.165, 1.54) is 11.3 Å². The van der Waals surface area contributed by atoms with Gasteiger partial charge in [-0.25, -0.2) is 4.98 Å². The number of carbonyl (C=O) groups excluding carboxylic acids is 1. The molecule has 0 aliphatic carbocycles. The van der Waals surface area contributed by atoms with Gasteiger partial charge in [-0.1, -0.05) is 30.3 Å². The van der Waals surface area contributed by atoms with Gasteiger partial charge in [0.15, 0.2) is 5.13 Å². The van der Waals surface area contributed by atoms with Gasteiger partial charge < -0.3 is 14.8 Å². The first-order valence-electron chi connectivity index (χ1n) is 8.32. The van der Waals surface area contributed by atoms with Crippen LogP contribution in [-0.4, -0.2) is 24.6 Å². The Labute approximate surface area is 156 Å². The third-order valence-electron chi connectivity index (χ3n) is 3.68. The van der Waals surface area contributed by atoms with E-state index in [1.807, 2.05) is 60.0 Å². The van der Waals surface area contributed by atoms with E-state index in [0.29, 0.717) is 24.6 Å². The number of nitrogens with one attached hydrogen (secondary N) is 1. The van der Waals surface area contributed by atoms with E-state index in [0.717, 1.165) is 22.8 Å². The first kappa shape index (κ1) is 17.9. The first-order chi connectivity index (χ1) is 12.7. The summed E-state index contributed by atoms with van der Waals surface area (Å²) < 4.78 is 10.8. The number of anilines is 1. The molecule has 0 spiro atoms. The maximum absolute atomic E-state index is 12.0. The third-order valence-corrected chi connectivity index (χ3v) is 4.43. The Balaban J connectivity index is 1.46. The first-order valence-corrected chi connectivity index (χ1v) is 9.20. The molecule has 26 heavy (non-hydrogen) atoms. The molecule has 1 heterocycles. The van der Waals surface area contributed by atoms with Crippen molar-refractivity contribution >= 4 is 22.4 Å². The van der Waals surface area contributed by atoms with Crippen molar-refractivity contribution in [3.8, 4) is 22.8 Å². The average molecular weight is 368 g/mol. The van der Waals surface area contributed by atoms with Gasteiger partial charge in [0.05, 0.1) is 19.4 Å². The lowest BCUT2D eigenvalue weighted by atomic mass is 10.2. The predicted octanol–water partition coefficient (Wildman–Crippen LogP) is 4.62. The molecule has 3 aromatic rings. The van der Waals surface area contributed by atoms with Crippen LogP contribution in [0.3, 0.4) is 0 Å². The molecule has 3 rings (SSSR count). The van der Waals surface area contributed by atoms with Crippen molar-refractivity contribution in [1.29, 1.82) is 0 Å². The van der Waals surface area contributed by atoms with Crippen molar-refractivity contribution in [1.82, 2.24) is 4.98 Å². The van der Waals surface area contributed by atoms with E-state index in [-0.39, 0.29) is 5.91 Å². The Morgan fingerprint density at radius 2 is 1.92 bits per heavy atom. The number of nitrogens with zero attached hydrogens (tertiary/aromatic N) is 1. The SMILES string of the molecule is COc1cccc(-c2csc(NC(=O)CCCOc3ccccc3)n2)c1. The molecule has 2 aromatic carbocycles. The number of amides is 1. The standard InChI is InChI=1S/C20H20N2O3S/c1-24-17-10-5-7-15(13-17)18-14-26-20(21-18)22-19(23)11-6-12-25-16-8-3-2-4-9-16/h2-5,7-10,13-14H,6,11-12H2,1H3,(H,21,22,23). The van der Waals surface area contributed by atoms with Gasteiger partial charge in [0, 0.05) is 17.4 Å². The second kappa shape index (κ2) is 9.01. The summed E-state index contributed by atoms with van der Waals surface area (Å²) in [5.41, 5.74) is 1.77. The van der Waals surface area contributed by atoms with Crippen LogP contribution in [0.1, 0.15) is 12.8 Å². The van der Waals surface area contributed by atoms with Crippen LogP contribution in [0.4, 0.5) is 5.13 Å². The van der Waals surface area contributed by atoms with E-state index in [9.17, 15) is 4.79 Å². The molecule has 0 saturated heterocycles. The number of ether oxygens (including phenoxy) is 2. The molecule has 6 heteroatoms. The number of thiazole rings is 1. The van der Waals surface area contributed by atoms with Gasteiger partial charge >= 0.3 is 0 Å². The van der Waals surface area contributed by atoms with Crippen molar-refractivity contribution in [2.45, 2.75) is 12.8 Å². The summed E-state index contributed by atoms with van der Waals surface area (Å²) in [6.45, 7) is 0.504. The zero-order valence-corrected chi connectivity index (χ0v) is 15.3. The van der Waals surface area contributed by atoms with Crippen LogP contribution < -0.4 is 14.8 Å². The summed E-state index contributed by atoms with van der Waals surface area (Å²) in [7, 11) is 1.63. The Bertz CT molecular complexity index is 849. The van der Waals surface area contributed by atoms with Crippen molar-refractivity contribution in [2.75, 3.05) is 19.0 Å². The molecule has 5 nitrogen and oxygen atoms in total. The van der Waals surface area contributed by atoms with E-state index < -0.39 is 0 Å². The smallest absolute Gasteiger partial charge is 0.226 e. The molecule has 1 amide bonds. The number of rotatable bonds is 8. The van der Waals surface area contributed by atoms with Gasteiger partial charge in [-0.15, -0.1) is 11.3 Å². The lowest BCUT2D eigenvalue weighted by Gasteiger charge is -2.05. The van der Waals surface area contributed by atoms with E-state index in [2.05, 4.69) is 10.3 Å². The molecule has 0 bridgehead atoms. The van der Waals surface area contributed by atoms with Crippen molar-refractivity contribution in [3.05, 3.63) is 60.0 Å². The van der Waals surface area contributed by atoms with Crippen LogP contribution >= 0.6 is 11.3 Å². The maximum atomic E-state index is 12.0. The Kier molecular flexibility index (Phi) is 6.22. The average Bonchev–Trinajstić information content (AvgIpc) is 3.14. The highest BCUT2D eigenvalue weighted by Gasteiger charge is 2.09. The molecule has 1 aromatic heterocycles. The molecule has 0 aliphatic heterocycles. The molecule has 0 aliphatic rings. The van der Waals surface area contributed by atoms with Gasteiger partial charge in [-0.3, -0.25) is 4.79 Å². The lowest BCUT2D eigenvalue weighted by Crippen LogP contribution is -2.12. The molecular weight excluding hydrogens is 348 g/mol. The highest BCUT2D eigenvalue weighted by atomic mass is 32.1. The molecule has 0 atom stereocenters. The number of carbonyl (C=O) groups is 1. The summed E-state index contributed by atoms with van der Waals surface area (Å²) in [4.78, 5) is 16.5. The summed E-state index contributed by atoms with van der Waals surface area (Å²) >= 11 is 1.41. The minimum absolute atomic E-state index is 0.0618. The molecular formula is C20H20N2O3S. The number of hydrogen-bond acceptors (Lipinski definition) is 5. The fourth-order valence-electron chi connectivity index (χ4n) is 2.37. The molecule has 0 unspecified atom stereocenters. The van der Waals surface area contributed by atoms with Crippen LogP contribution in [-0.2, 0) is 4.79 Å². The van der Waals surface area contributed by atoms with Gasteiger partial charge in [0.1, 0.15) is 11.5 Å². The Morgan fingerprint density at radius 1 is 1.12 bits per heavy atom. The van der Waals surface area contributed by atoms with Crippen LogP contribution in [0.5, 0.6) is 11.5 Å². The normalized spacial score (nSPS) is 10.3. The summed E-state index contributed by atoms with van der Waals surface area (Å²) in [6, 6.07) is 17.3. The number of methoxy groups -OCH3 is 1. The van der Waals surface area contributed by atoms with E-state index >= 15 is 0 Å². The van der Waals surface area contributed by atoms with Crippen LogP contribution in [0.25, 0.3) is 11.3 Å². The fraction of sp³-hybridized carbons (Fsp3) is 0.200. The molecule has 134 valence electrons. The zero-order chi connectivity index (χ0) is 18.2. The Morgan fingerprint density at radius 3 is 2.73 bits per heavy atom. The van der Waals surface area contributed by atoms with Crippen LogP contribution in [0.2, 0.25) is 0 Å². The summed E-state index contributed by atoms with van der Waals surface area (Å²) in [5.74, 6) is 1.53. The zero-order valence-electron chi connectivity index (χ0n) is 14.5. The molecule has 1 N–H and O–H groups in total. The van der Waals surface area contributed by atoms with Crippen molar-refractivity contribution < 1.29 is 14.3 Å². The maximum Gasteiger partial charge on any atom is 0.226 e. The van der Waals surface area contributed by atoms with Crippen LogP contribution in [0.15, 0.2) is 60.0 Å². The highest BCUT2D eigenvalue weighted by molar-refractivity contribution is 7.14.